The normalized spacial score (nSPS) is 12.1. The van der Waals surface area contributed by atoms with Crippen LogP contribution >= 0.6 is 0 Å². The second kappa shape index (κ2) is 11.5. The monoisotopic (exact) mass is 460 g/mol. The van der Waals surface area contributed by atoms with Crippen molar-refractivity contribution < 1.29 is 18.9 Å². The van der Waals surface area contributed by atoms with Gasteiger partial charge in [0.25, 0.3) is 0 Å². The van der Waals surface area contributed by atoms with Crippen molar-refractivity contribution in [3.05, 3.63) is 82.4 Å². The van der Waals surface area contributed by atoms with E-state index >= 15 is 0 Å². The van der Waals surface area contributed by atoms with Crippen LogP contribution in [0.15, 0.2) is 48.5 Å². The van der Waals surface area contributed by atoms with E-state index in [9.17, 15) is 0 Å². The van der Waals surface area contributed by atoms with Crippen LogP contribution in [0.5, 0.6) is 0 Å². The first-order valence-corrected chi connectivity index (χ1v) is 13.2. The third-order valence-electron chi connectivity index (χ3n) is 7.02. The fourth-order valence-electron chi connectivity index (χ4n) is 5.00. The molecule has 0 aliphatic heterocycles. The van der Waals surface area contributed by atoms with Gasteiger partial charge in [-0.25, -0.2) is 0 Å². The second-order valence-electron chi connectivity index (χ2n) is 12.2. The molecule has 0 aromatic heterocycles. The summed E-state index contributed by atoms with van der Waals surface area (Å²) in [6.45, 7) is 25.4. The van der Waals surface area contributed by atoms with Crippen LogP contribution in [0, 0.1) is 6.07 Å². The molecule has 3 aromatic carbocycles. The topological polar surface area (TPSA) is 0 Å². The van der Waals surface area contributed by atoms with Gasteiger partial charge in [0, 0.05) is 0 Å². The van der Waals surface area contributed by atoms with Crippen LogP contribution in [0.2, 0.25) is 0 Å². The maximum Gasteiger partial charge on any atom is 1.00 e. The summed E-state index contributed by atoms with van der Waals surface area (Å²) in [5.41, 5.74) is 12.3. The van der Waals surface area contributed by atoms with Crippen molar-refractivity contribution >= 4 is 0 Å². The van der Waals surface area contributed by atoms with Crippen molar-refractivity contribution in [2.45, 2.75) is 105 Å². The summed E-state index contributed by atoms with van der Waals surface area (Å²) >= 11 is 0. The molecule has 0 saturated carbocycles. The zero-order chi connectivity index (χ0) is 25.4. The van der Waals surface area contributed by atoms with E-state index in [2.05, 4.69) is 131 Å². The van der Waals surface area contributed by atoms with E-state index in [1.165, 1.54) is 50.1 Å². The van der Waals surface area contributed by atoms with Crippen LogP contribution in [-0.2, 0) is 5.41 Å². The minimum Gasteiger partial charge on any atom is -0.122 e. The van der Waals surface area contributed by atoms with E-state index in [-0.39, 0.29) is 24.3 Å². The van der Waals surface area contributed by atoms with Crippen LogP contribution in [0.1, 0.15) is 128 Å². The molecule has 35 heavy (non-hydrogen) atoms. The first kappa shape index (κ1) is 29.5. The van der Waals surface area contributed by atoms with E-state index in [1.54, 1.807) is 0 Å². The molecule has 0 aliphatic rings. The van der Waals surface area contributed by atoms with Gasteiger partial charge in [-0.1, -0.05) is 146 Å². The van der Waals surface area contributed by atoms with E-state index < -0.39 is 0 Å². The molecule has 182 valence electrons. The van der Waals surface area contributed by atoms with Gasteiger partial charge in [-0.15, -0.1) is 34.9 Å². The van der Waals surface area contributed by atoms with Gasteiger partial charge < -0.3 is 0 Å². The molecular formula is C34H45Li. The molecule has 0 fully saturated rings. The summed E-state index contributed by atoms with van der Waals surface area (Å²) < 4.78 is 0. The molecule has 1 heteroatoms. The first-order chi connectivity index (χ1) is 15.8. The van der Waals surface area contributed by atoms with E-state index in [0.717, 1.165) is 0 Å². The summed E-state index contributed by atoms with van der Waals surface area (Å²) in [6.07, 6.45) is 0. The molecule has 0 nitrogen and oxygen atoms in total. The summed E-state index contributed by atoms with van der Waals surface area (Å²) in [5.74, 6) is 1.83. The molecule has 0 amide bonds. The third kappa shape index (κ3) is 6.34. The molecule has 0 spiro atoms. The summed E-state index contributed by atoms with van der Waals surface area (Å²) in [7, 11) is 0. The number of benzene rings is 3. The Kier molecular flexibility index (Phi) is 9.72. The van der Waals surface area contributed by atoms with E-state index in [0.29, 0.717) is 23.7 Å². The standard InChI is InChI=1S/C34H45.Li/c1-21(2)28-14-12-15-29(22(3)4)32(28)25-18-26(20-27(19-25)34(9,10)11)33-30(23(5)6)16-13-17-31(33)24(7)8;/h12-17,19-24H,1-11H3;/q-1;+1. The Bertz CT molecular complexity index is 1010. The van der Waals surface area contributed by atoms with Crippen LogP contribution < -0.4 is 18.9 Å². The number of hydrogen-bond donors (Lipinski definition) is 0. The van der Waals surface area contributed by atoms with Crippen molar-refractivity contribution in [2.24, 2.45) is 0 Å². The van der Waals surface area contributed by atoms with Crippen LogP contribution in [0.4, 0.5) is 0 Å². The van der Waals surface area contributed by atoms with Crippen LogP contribution in [0.3, 0.4) is 0 Å². The predicted molar refractivity (Wildman–Crippen MR) is 151 cm³/mol. The summed E-state index contributed by atoms with van der Waals surface area (Å²) in [6, 6.07) is 22.5. The largest absolute Gasteiger partial charge is 1.00 e. The molecule has 0 radical (unpaired) electrons. The molecule has 3 aromatic rings. The van der Waals surface area contributed by atoms with Gasteiger partial charge in [0.2, 0.25) is 0 Å². The Labute approximate surface area is 228 Å². The Hall–Kier alpha value is -1.74. The average Bonchev–Trinajstić information content (AvgIpc) is 2.76. The number of hydrogen-bond acceptors (Lipinski definition) is 0. The molecule has 0 atom stereocenters. The molecule has 0 aliphatic carbocycles. The Morgan fingerprint density at radius 3 is 1.06 bits per heavy atom. The van der Waals surface area contributed by atoms with Crippen molar-refractivity contribution in [3.8, 4) is 22.3 Å². The van der Waals surface area contributed by atoms with Crippen LogP contribution in [-0.4, -0.2) is 0 Å². The third-order valence-corrected chi connectivity index (χ3v) is 7.02. The first-order valence-electron chi connectivity index (χ1n) is 13.2. The maximum absolute atomic E-state index is 3.97. The van der Waals surface area contributed by atoms with E-state index in [1.807, 2.05) is 0 Å². The minimum absolute atomic E-state index is 0. The maximum atomic E-state index is 3.97. The second-order valence-corrected chi connectivity index (χ2v) is 12.2. The number of rotatable bonds is 6. The van der Waals surface area contributed by atoms with Gasteiger partial charge in [-0.05, 0) is 29.1 Å². The molecule has 0 unspecified atom stereocenters. The Morgan fingerprint density at radius 2 is 0.829 bits per heavy atom. The molecular weight excluding hydrogens is 415 g/mol. The predicted octanol–water partition coefficient (Wildman–Crippen LogP) is 7.62. The van der Waals surface area contributed by atoms with Crippen molar-refractivity contribution in [1.29, 1.82) is 0 Å². The van der Waals surface area contributed by atoms with Crippen molar-refractivity contribution in [1.82, 2.24) is 0 Å². The van der Waals surface area contributed by atoms with Crippen molar-refractivity contribution in [3.63, 3.8) is 0 Å². The zero-order valence-electron chi connectivity index (χ0n) is 24.4. The average molecular weight is 461 g/mol. The fraction of sp³-hybridized carbons (Fsp3) is 0.471. The molecule has 3 rings (SSSR count). The van der Waals surface area contributed by atoms with Crippen LogP contribution in [0.25, 0.3) is 22.3 Å². The van der Waals surface area contributed by atoms with Gasteiger partial charge >= 0.3 is 18.9 Å². The van der Waals surface area contributed by atoms with Gasteiger partial charge in [-0.2, -0.15) is 0 Å². The molecule has 0 heterocycles. The van der Waals surface area contributed by atoms with Crippen molar-refractivity contribution in [2.75, 3.05) is 0 Å². The SMILES string of the molecule is CC(C)c1cccc(C(C)C)c1-c1[c-]c(-c2c(C(C)C)cccc2C(C)C)cc(C(C)(C)C)c1.[Li+]. The molecule has 0 bridgehead atoms. The Balaban J connectivity index is 0.00000432. The van der Waals surface area contributed by atoms with Gasteiger partial charge in [0.15, 0.2) is 0 Å². The molecule has 0 N–H and O–H groups in total. The quantitative estimate of drug-likeness (QED) is 0.262. The molecule has 0 saturated heterocycles. The minimum atomic E-state index is 0. The van der Waals surface area contributed by atoms with Gasteiger partial charge in [0.05, 0.1) is 0 Å². The Morgan fingerprint density at radius 1 is 0.543 bits per heavy atom. The smallest absolute Gasteiger partial charge is 0.122 e. The summed E-state index contributed by atoms with van der Waals surface area (Å²) in [5, 5.41) is 0. The van der Waals surface area contributed by atoms with Gasteiger partial charge in [-0.3, -0.25) is 0 Å². The summed E-state index contributed by atoms with van der Waals surface area (Å²) in [4.78, 5) is 0. The van der Waals surface area contributed by atoms with E-state index in [4.69, 9.17) is 0 Å². The fourth-order valence-corrected chi connectivity index (χ4v) is 5.00. The van der Waals surface area contributed by atoms with Gasteiger partial charge in [0.1, 0.15) is 0 Å². The zero-order valence-corrected chi connectivity index (χ0v) is 24.4.